The van der Waals surface area contributed by atoms with Gasteiger partial charge in [-0.25, -0.2) is 0 Å². The fraction of sp³-hybridized carbons (Fsp3) is 0.846. The van der Waals surface area contributed by atoms with Crippen molar-refractivity contribution >= 4 is 36.0 Å². The van der Waals surface area contributed by atoms with E-state index in [0.717, 1.165) is 45.0 Å². The zero-order valence-corrected chi connectivity index (χ0v) is 14.1. The van der Waals surface area contributed by atoms with Crippen molar-refractivity contribution < 1.29 is 14.3 Å². The first-order chi connectivity index (χ1) is 8.91. The van der Waals surface area contributed by atoms with Crippen molar-refractivity contribution in [2.75, 3.05) is 38.6 Å². The summed E-state index contributed by atoms with van der Waals surface area (Å²) in [6, 6.07) is 0. The molecule has 1 aliphatic rings. The van der Waals surface area contributed by atoms with Gasteiger partial charge in [-0.15, -0.1) is 12.4 Å². The van der Waals surface area contributed by atoms with Crippen molar-refractivity contribution in [2.24, 2.45) is 5.41 Å². The summed E-state index contributed by atoms with van der Waals surface area (Å²) in [6.45, 7) is 9.85. The number of carbonyl (C=O) groups is 2. The topological polar surface area (TPSA) is 58.6 Å². The van der Waals surface area contributed by atoms with Gasteiger partial charge in [0.1, 0.15) is 0 Å². The largest absolute Gasteiger partial charge is 0.379 e. The van der Waals surface area contributed by atoms with Gasteiger partial charge in [0.05, 0.1) is 13.2 Å². The van der Waals surface area contributed by atoms with Crippen LogP contribution >= 0.6 is 24.4 Å². The van der Waals surface area contributed by atoms with Crippen LogP contribution in [0, 0.1) is 5.41 Å². The molecule has 0 aliphatic carbocycles. The number of hydrogen-bond acceptors (Lipinski definition) is 5. The van der Waals surface area contributed by atoms with Gasteiger partial charge in [0.15, 0.2) is 0 Å². The number of halogens is 1. The van der Waals surface area contributed by atoms with Crippen LogP contribution in [0.4, 0.5) is 0 Å². The number of carbonyl (C=O) groups excluding carboxylic acids is 2. The van der Waals surface area contributed by atoms with Gasteiger partial charge in [-0.2, -0.15) is 0 Å². The Balaban J connectivity index is 0.00000361. The van der Waals surface area contributed by atoms with Gasteiger partial charge in [-0.3, -0.25) is 19.2 Å². The predicted molar refractivity (Wildman–Crippen MR) is 84.2 cm³/mol. The predicted octanol–water partition coefficient (Wildman–Crippen LogP) is 1.51. The summed E-state index contributed by atoms with van der Waals surface area (Å²) in [6.07, 6.45) is 0.995. The van der Waals surface area contributed by atoms with E-state index in [4.69, 9.17) is 4.74 Å². The first-order valence-corrected chi connectivity index (χ1v) is 7.66. The van der Waals surface area contributed by atoms with E-state index in [0.29, 0.717) is 0 Å². The molecule has 1 fully saturated rings. The van der Waals surface area contributed by atoms with Crippen molar-refractivity contribution in [3.8, 4) is 0 Å². The molecule has 0 spiro atoms. The van der Waals surface area contributed by atoms with Crippen LogP contribution in [-0.2, 0) is 14.3 Å². The SMILES string of the molecule is CC(C)(C)C(=O)C(=O)NSCCCN1CCOCC1.Cl. The summed E-state index contributed by atoms with van der Waals surface area (Å²) in [4.78, 5) is 25.5. The third kappa shape index (κ3) is 7.47. The molecule has 1 N–H and O–H groups in total. The van der Waals surface area contributed by atoms with Crippen molar-refractivity contribution in [2.45, 2.75) is 27.2 Å². The number of nitrogens with zero attached hydrogens (tertiary/aromatic N) is 1. The molecule has 7 heteroatoms. The average Bonchev–Trinajstić information content (AvgIpc) is 2.37. The lowest BCUT2D eigenvalue weighted by Gasteiger charge is -2.26. The number of hydrogen-bond donors (Lipinski definition) is 1. The van der Waals surface area contributed by atoms with Crippen LogP contribution in [-0.4, -0.2) is 55.2 Å². The summed E-state index contributed by atoms with van der Waals surface area (Å²) < 4.78 is 7.89. The number of morpholine rings is 1. The van der Waals surface area contributed by atoms with Gasteiger partial charge in [-0.1, -0.05) is 32.7 Å². The zero-order valence-electron chi connectivity index (χ0n) is 12.4. The Kier molecular flexibility index (Phi) is 9.46. The standard InChI is InChI=1S/C13H24N2O3S.ClH/c1-13(2,3)11(16)12(17)14-19-10-4-5-15-6-8-18-9-7-15;/h4-10H2,1-3H3,(H,14,17);1H. The highest BCUT2D eigenvalue weighted by molar-refractivity contribution is 7.98. The lowest BCUT2D eigenvalue weighted by atomic mass is 9.91. The second-order valence-electron chi connectivity index (χ2n) is 5.67. The molecule has 5 nitrogen and oxygen atoms in total. The Labute approximate surface area is 131 Å². The fourth-order valence-corrected chi connectivity index (χ4v) is 2.29. The maximum Gasteiger partial charge on any atom is 0.297 e. The van der Waals surface area contributed by atoms with Gasteiger partial charge in [-0.05, 0) is 13.0 Å². The molecule has 0 aromatic carbocycles. The second kappa shape index (κ2) is 9.60. The summed E-state index contributed by atoms with van der Waals surface area (Å²) in [7, 11) is 0. The number of rotatable bonds is 6. The Morgan fingerprint density at radius 3 is 2.40 bits per heavy atom. The van der Waals surface area contributed by atoms with Crippen LogP contribution in [0.15, 0.2) is 0 Å². The van der Waals surface area contributed by atoms with Gasteiger partial charge < -0.3 is 4.74 Å². The van der Waals surface area contributed by atoms with Gasteiger partial charge in [0.2, 0.25) is 5.78 Å². The molecule has 0 radical (unpaired) electrons. The molecular formula is C13H25ClN2O3S. The van der Waals surface area contributed by atoms with Crippen molar-refractivity contribution in [3.05, 3.63) is 0 Å². The summed E-state index contributed by atoms with van der Waals surface area (Å²) in [5.74, 6) is -0.0439. The van der Waals surface area contributed by atoms with E-state index in [9.17, 15) is 9.59 Å². The summed E-state index contributed by atoms with van der Waals surface area (Å²) in [5, 5.41) is 0. The molecule has 1 heterocycles. The average molecular weight is 325 g/mol. The lowest BCUT2D eigenvalue weighted by Crippen LogP contribution is -2.37. The molecular weight excluding hydrogens is 300 g/mol. The number of amides is 1. The number of ketones is 1. The minimum Gasteiger partial charge on any atom is -0.379 e. The highest BCUT2D eigenvalue weighted by Crippen LogP contribution is 2.15. The number of nitrogens with one attached hydrogen (secondary N) is 1. The first-order valence-electron chi connectivity index (χ1n) is 6.68. The minimum absolute atomic E-state index is 0. The molecule has 0 aromatic rings. The summed E-state index contributed by atoms with van der Waals surface area (Å²) in [5.41, 5.74) is -0.613. The van der Waals surface area contributed by atoms with E-state index in [2.05, 4.69) is 9.62 Å². The Bertz CT molecular complexity index is 315. The van der Waals surface area contributed by atoms with Crippen molar-refractivity contribution in [3.63, 3.8) is 0 Å². The smallest absolute Gasteiger partial charge is 0.297 e. The third-order valence-corrected chi connectivity index (χ3v) is 3.70. The Morgan fingerprint density at radius 1 is 1.25 bits per heavy atom. The third-order valence-electron chi connectivity index (χ3n) is 2.88. The zero-order chi connectivity index (χ0) is 14.3. The van der Waals surface area contributed by atoms with E-state index >= 15 is 0 Å². The minimum atomic E-state index is -0.613. The van der Waals surface area contributed by atoms with Crippen LogP contribution in [0.1, 0.15) is 27.2 Å². The van der Waals surface area contributed by atoms with E-state index in [1.54, 1.807) is 20.8 Å². The van der Waals surface area contributed by atoms with E-state index < -0.39 is 11.3 Å². The monoisotopic (exact) mass is 324 g/mol. The van der Waals surface area contributed by atoms with E-state index in [1.807, 2.05) is 0 Å². The molecule has 0 aromatic heterocycles. The van der Waals surface area contributed by atoms with Crippen LogP contribution in [0.3, 0.4) is 0 Å². The number of Topliss-reactive ketones (excluding diaryl/α,β-unsaturated/α-hetero) is 1. The van der Waals surface area contributed by atoms with Crippen molar-refractivity contribution in [1.82, 2.24) is 9.62 Å². The van der Waals surface area contributed by atoms with E-state index in [-0.39, 0.29) is 18.2 Å². The van der Waals surface area contributed by atoms with Gasteiger partial charge in [0.25, 0.3) is 5.91 Å². The van der Waals surface area contributed by atoms with E-state index in [1.165, 1.54) is 11.9 Å². The fourth-order valence-electron chi connectivity index (χ4n) is 1.69. The molecule has 1 rings (SSSR count). The normalized spacial score (nSPS) is 16.4. The van der Waals surface area contributed by atoms with Crippen LogP contribution in [0.5, 0.6) is 0 Å². The molecule has 1 aliphatic heterocycles. The van der Waals surface area contributed by atoms with Gasteiger partial charge in [0, 0.05) is 24.3 Å². The maximum absolute atomic E-state index is 11.6. The lowest BCUT2D eigenvalue weighted by molar-refractivity contribution is -0.141. The molecule has 118 valence electrons. The van der Waals surface area contributed by atoms with Crippen LogP contribution < -0.4 is 4.72 Å². The molecule has 0 unspecified atom stereocenters. The van der Waals surface area contributed by atoms with Crippen LogP contribution in [0.2, 0.25) is 0 Å². The maximum atomic E-state index is 11.6. The molecule has 1 amide bonds. The highest BCUT2D eigenvalue weighted by atomic mass is 35.5. The van der Waals surface area contributed by atoms with Gasteiger partial charge >= 0.3 is 0 Å². The molecule has 20 heavy (non-hydrogen) atoms. The van der Waals surface area contributed by atoms with Crippen molar-refractivity contribution in [1.29, 1.82) is 0 Å². The first kappa shape index (κ1) is 19.7. The molecule has 0 saturated carbocycles. The highest BCUT2D eigenvalue weighted by Gasteiger charge is 2.27. The quantitative estimate of drug-likeness (QED) is 0.456. The number of ether oxygens (including phenoxy) is 1. The molecule has 0 bridgehead atoms. The Morgan fingerprint density at radius 2 is 1.85 bits per heavy atom. The summed E-state index contributed by atoms with van der Waals surface area (Å²) >= 11 is 1.32. The molecule has 0 atom stereocenters. The molecule has 1 saturated heterocycles. The van der Waals surface area contributed by atoms with Crippen LogP contribution in [0.25, 0.3) is 0 Å². The Hall–Kier alpha value is -0.300. The second-order valence-corrected chi connectivity index (χ2v) is 6.57.